The zero-order valence-electron chi connectivity index (χ0n) is 16.2. The summed E-state index contributed by atoms with van der Waals surface area (Å²) in [5, 5.41) is 10.2. The Morgan fingerprint density at radius 2 is 2.04 bits per heavy atom. The second-order valence-electron chi connectivity index (χ2n) is 8.26. The number of carbonyl (C=O) groups is 1. The Labute approximate surface area is 164 Å². The Morgan fingerprint density at radius 1 is 1.29 bits per heavy atom. The molecule has 3 fully saturated rings. The quantitative estimate of drug-likeness (QED) is 0.861. The summed E-state index contributed by atoms with van der Waals surface area (Å²) in [5.41, 5.74) is 1.76. The molecule has 1 aromatic heterocycles. The number of nitrogens with zero attached hydrogens (tertiary/aromatic N) is 3. The second-order valence-corrected chi connectivity index (χ2v) is 8.26. The molecular formula is C21H27FN4O2. The number of halogens is 1. The van der Waals surface area contributed by atoms with Crippen molar-refractivity contribution >= 4 is 11.9 Å². The van der Waals surface area contributed by atoms with E-state index in [0.717, 1.165) is 25.9 Å². The lowest BCUT2D eigenvalue weighted by Gasteiger charge is -2.33. The smallest absolute Gasteiger partial charge is 0.315 e. The van der Waals surface area contributed by atoms with Gasteiger partial charge in [0.1, 0.15) is 11.9 Å². The molecule has 1 N–H and O–H groups in total. The molecule has 5 rings (SSSR count). The van der Waals surface area contributed by atoms with Crippen molar-refractivity contribution in [2.75, 3.05) is 18.4 Å². The Morgan fingerprint density at radius 3 is 2.61 bits per heavy atom. The van der Waals surface area contributed by atoms with Crippen LogP contribution in [0.1, 0.15) is 56.9 Å². The van der Waals surface area contributed by atoms with Gasteiger partial charge in [0.15, 0.2) is 0 Å². The Hall–Kier alpha value is -2.44. The highest BCUT2D eigenvalue weighted by atomic mass is 19.1. The molecule has 3 aliphatic rings. The van der Waals surface area contributed by atoms with E-state index in [0.29, 0.717) is 17.3 Å². The lowest BCUT2D eigenvalue weighted by Crippen LogP contribution is -2.45. The van der Waals surface area contributed by atoms with Gasteiger partial charge in [-0.25, -0.2) is 4.39 Å². The van der Waals surface area contributed by atoms with Gasteiger partial charge in [0.25, 0.3) is 0 Å². The van der Waals surface area contributed by atoms with Gasteiger partial charge in [-0.1, -0.05) is 17.2 Å². The summed E-state index contributed by atoms with van der Waals surface area (Å²) in [6, 6.07) is 6.89. The summed E-state index contributed by atoms with van der Waals surface area (Å²) in [5.74, 6) is 0.670. The molecule has 2 heterocycles. The molecule has 28 heavy (non-hydrogen) atoms. The van der Waals surface area contributed by atoms with Crippen LogP contribution in [0.25, 0.3) is 0 Å². The van der Waals surface area contributed by atoms with Crippen molar-refractivity contribution in [1.82, 2.24) is 15.1 Å². The predicted molar refractivity (Wildman–Crippen MR) is 103 cm³/mol. The number of aromatic nitrogens is 2. The van der Waals surface area contributed by atoms with E-state index >= 15 is 0 Å². The van der Waals surface area contributed by atoms with Crippen LogP contribution >= 0.6 is 0 Å². The highest BCUT2D eigenvalue weighted by molar-refractivity contribution is 5.83. The first-order valence-electron chi connectivity index (χ1n) is 10.1. The minimum absolute atomic E-state index is 0.107. The molecule has 1 atom stereocenters. The van der Waals surface area contributed by atoms with Crippen LogP contribution in [0.4, 0.5) is 10.4 Å². The zero-order valence-corrected chi connectivity index (χ0v) is 16.2. The summed E-state index contributed by atoms with van der Waals surface area (Å²) >= 11 is 0. The van der Waals surface area contributed by atoms with Gasteiger partial charge in [0.05, 0.1) is 0 Å². The van der Waals surface area contributed by atoms with E-state index in [1.54, 1.807) is 12.1 Å². The number of hydrogen-bond donors (Lipinski definition) is 1. The minimum Gasteiger partial charge on any atom is -0.411 e. The van der Waals surface area contributed by atoms with E-state index in [1.165, 1.54) is 43.7 Å². The lowest BCUT2D eigenvalue weighted by molar-refractivity contribution is -0.133. The standard InChI is InChI=1S/C12H18N4O2.C9H9F/c1-9(14-11-15-13-8-18-11)10(17)16-6-4-12(2-3-12)5-7-16;10-9-3-1-2-8(6-9)7-4-5-7/h8-9H,2-7H2,1H3,(H,14,15);1-3,6-7H,4-5H2. The molecule has 1 unspecified atom stereocenters. The van der Waals surface area contributed by atoms with Crippen LogP contribution in [0.3, 0.4) is 0 Å². The summed E-state index contributed by atoms with van der Waals surface area (Å²) < 4.78 is 17.5. The molecule has 0 bridgehead atoms. The van der Waals surface area contributed by atoms with Crippen molar-refractivity contribution in [2.45, 2.75) is 57.4 Å². The molecule has 1 spiro atoms. The van der Waals surface area contributed by atoms with E-state index in [9.17, 15) is 9.18 Å². The van der Waals surface area contributed by atoms with Crippen molar-refractivity contribution in [3.63, 3.8) is 0 Å². The molecule has 150 valence electrons. The van der Waals surface area contributed by atoms with E-state index in [4.69, 9.17) is 4.42 Å². The van der Waals surface area contributed by atoms with Gasteiger partial charge in [0, 0.05) is 13.1 Å². The van der Waals surface area contributed by atoms with Crippen molar-refractivity contribution in [3.8, 4) is 0 Å². The largest absolute Gasteiger partial charge is 0.411 e. The molecule has 0 radical (unpaired) electrons. The number of anilines is 1. The van der Waals surface area contributed by atoms with Crippen LogP contribution in [0, 0.1) is 11.2 Å². The van der Waals surface area contributed by atoms with Crippen LogP contribution in [0.15, 0.2) is 35.1 Å². The third-order valence-electron chi connectivity index (χ3n) is 6.06. The Kier molecular flexibility index (Phi) is 5.33. The molecule has 6 nitrogen and oxygen atoms in total. The van der Waals surface area contributed by atoms with Gasteiger partial charge in [0.2, 0.25) is 12.3 Å². The molecule has 2 saturated carbocycles. The van der Waals surface area contributed by atoms with Gasteiger partial charge >= 0.3 is 6.01 Å². The van der Waals surface area contributed by atoms with Gasteiger partial charge in [-0.3, -0.25) is 4.79 Å². The monoisotopic (exact) mass is 386 g/mol. The highest BCUT2D eigenvalue weighted by Crippen LogP contribution is 2.53. The normalized spacial score (nSPS) is 20.9. The van der Waals surface area contributed by atoms with Crippen molar-refractivity contribution in [2.24, 2.45) is 5.41 Å². The number of benzene rings is 1. The molecule has 7 heteroatoms. The molecule has 2 aromatic rings. The number of carbonyl (C=O) groups excluding carboxylic acids is 1. The number of hydrogen-bond acceptors (Lipinski definition) is 5. The minimum atomic E-state index is -0.321. The van der Waals surface area contributed by atoms with Crippen LogP contribution in [-0.2, 0) is 4.79 Å². The van der Waals surface area contributed by atoms with Crippen LogP contribution in [0.5, 0.6) is 0 Å². The number of nitrogens with one attached hydrogen (secondary N) is 1. The lowest BCUT2D eigenvalue weighted by atomic mass is 9.93. The maximum atomic E-state index is 12.6. The van der Waals surface area contributed by atoms with Gasteiger partial charge in [-0.2, -0.15) is 0 Å². The van der Waals surface area contributed by atoms with Crippen LogP contribution in [0.2, 0.25) is 0 Å². The average molecular weight is 386 g/mol. The molecular weight excluding hydrogens is 359 g/mol. The van der Waals surface area contributed by atoms with Crippen molar-refractivity contribution < 1.29 is 13.6 Å². The fraction of sp³-hybridized carbons (Fsp3) is 0.571. The maximum Gasteiger partial charge on any atom is 0.315 e. The van der Waals surface area contributed by atoms with Crippen molar-refractivity contribution in [1.29, 1.82) is 0 Å². The molecule has 2 aliphatic carbocycles. The first kappa shape index (κ1) is 18.9. The number of likely N-dealkylation sites (tertiary alicyclic amines) is 1. The Balaban J connectivity index is 0.000000162. The average Bonchev–Trinajstić information content (AvgIpc) is 3.63. The molecule has 1 amide bonds. The predicted octanol–water partition coefficient (Wildman–Crippen LogP) is 3.98. The Bertz CT molecular complexity index is 792. The van der Waals surface area contributed by atoms with E-state index in [-0.39, 0.29) is 17.8 Å². The van der Waals surface area contributed by atoms with Crippen molar-refractivity contribution in [3.05, 3.63) is 42.0 Å². The van der Waals surface area contributed by atoms with Gasteiger partial charge in [-0.05, 0) is 74.5 Å². The number of amides is 1. The molecule has 1 aliphatic heterocycles. The number of piperidine rings is 1. The maximum absolute atomic E-state index is 12.6. The topological polar surface area (TPSA) is 71.3 Å². The van der Waals surface area contributed by atoms with Gasteiger partial charge < -0.3 is 14.6 Å². The van der Waals surface area contributed by atoms with Crippen LogP contribution < -0.4 is 5.32 Å². The summed E-state index contributed by atoms with van der Waals surface area (Å²) in [6.07, 6.45) is 8.75. The fourth-order valence-corrected chi connectivity index (χ4v) is 3.81. The van der Waals surface area contributed by atoms with E-state index < -0.39 is 0 Å². The number of rotatable bonds is 4. The summed E-state index contributed by atoms with van der Waals surface area (Å²) in [6.45, 7) is 3.59. The van der Waals surface area contributed by atoms with E-state index in [2.05, 4.69) is 15.5 Å². The summed E-state index contributed by atoms with van der Waals surface area (Å²) in [4.78, 5) is 14.2. The zero-order chi connectivity index (χ0) is 19.6. The highest BCUT2D eigenvalue weighted by Gasteiger charge is 2.45. The molecule has 1 saturated heterocycles. The first-order chi connectivity index (χ1) is 13.5. The summed E-state index contributed by atoms with van der Waals surface area (Å²) in [7, 11) is 0. The SMILES string of the molecule is CC(Nc1nnco1)C(=O)N1CCC2(CC1)CC2.Fc1cccc(C2CC2)c1. The fourth-order valence-electron chi connectivity index (χ4n) is 3.81. The van der Waals surface area contributed by atoms with Gasteiger partial charge in [-0.15, -0.1) is 5.10 Å². The first-order valence-corrected chi connectivity index (χ1v) is 10.1. The van der Waals surface area contributed by atoms with Crippen LogP contribution in [-0.4, -0.2) is 40.1 Å². The molecule has 1 aromatic carbocycles. The third-order valence-corrected chi connectivity index (χ3v) is 6.06. The second kappa shape index (κ2) is 7.89. The third kappa shape index (κ3) is 4.69. The van der Waals surface area contributed by atoms with E-state index in [1.807, 2.05) is 17.9 Å².